The third-order valence-corrected chi connectivity index (χ3v) is 2.27. The highest BCUT2D eigenvalue weighted by molar-refractivity contribution is 5.85. The minimum Gasteiger partial charge on any atom is -0.478 e. The topological polar surface area (TPSA) is 37.3 Å². The van der Waals surface area contributed by atoms with Crippen molar-refractivity contribution in [3.8, 4) is 0 Å². The summed E-state index contributed by atoms with van der Waals surface area (Å²) in [5.74, 6) is -0.282. The molecule has 18 heavy (non-hydrogen) atoms. The molecule has 1 rings (SSSR count). The molecular formula is C16H22O2. The van der Waals surface area contributed by atoms with E-state index >= 15 is 0 Å². The summed E-state index contributed by atoms with van der Waals surface area (Å²) in [5, 5.41) is 8.43. The van der Waals surface area contributed by atoms with Gasteiger partial charge >= 0.3 is 5.97 Å². The van der Waals surface area contributed by atoms with Crippen LogP contribution in [0.2, 0.25) is 0 Å². The van der Waals surface area contributed by atoms with Crippen LogP contribution in [0.4, 0.5) is 0 Å². The Bertz CT molecular complexity index is 389. The van der Waals surface area contributed by atoms with Crippen LogP contribution in [0.5, 0.6) is 0 Å². The molecule has 2 heteroatoms. The molecule has 0 aliphatic heterocycles. The number of hydrogen-bond acceptors (Lipinski definition) is 1. The summed E-state index contributed by atoms with van der Waals surface area (Å²) in [6, 6.07) is 10.0. The van der Waals surface area contributed by atoms with Crippen molar-refractivity contribution in [1.82, 2.24) is 0 Å². The molecule has 0 saturated carbocycles. The van der Waals surface area contributed by atoms with E-state index in [1.165, 1.54) is 5.56 Å². The van der Waals surface area contributed by atoms with E-state index in [1.54, 1.807) is 13.0 Å². The molecule has 0 saturated heterocycles. The fourth-order valence-corrected chi connectivity index (χ4v) is 1.09. The van der Waals surface area contributed by atoms with Gasteiger partial charge in [0, 0.05) is 5.57 Å². The quantitative estimate of drug-likeness (QED) is 0.800. The second kappa shape index (κ2) is 9.23. The summed E-state index contributed by atoms with van der Waals surface area (Å²) in [4.78, 5) is 10.2. The first-order valence-corrected chi connectivity index (χ1v) is 6.05. The van der Waals surface area contributed by atoms with E-state index < -0.39 is 5.97 Å². The smallest absolute Gasteiger partial charge is 0.330 e. The maximum atomic E-state index is 10.2. The first-order valence-electron chi connectivity index (χ1n) is 6.05. The number of rotatable bonds is 4. The molecule has 0 radical (unpaired) electrons. The minimum absolute atomic E-state index is 0.439. The zero-order valence-electron chi connectivity index (χ0n) is 11.4. The fourth-order valence-electron chi connectivity index (χ4n) is 1.09. The van der Waals surface area contributed by atoms with Gasteiger partial charge in [-0.25, -0.2) is 4.79 Å². The van der Waals surface area contributed by atoms with Gasteiger partial charge in [0.2, 0.25) is 0 Å². The third kappa shape index (κ3) is 8.34. The van der Waals surface area contributed by atoms with Crippen molar-refractivity contribution in [2.24, 2.45) is 5.92 Å². The predicted molar refractivity (Wildman–Crippen MR) is 77.4 cm³/mol. The Kier molecular flexibility index (Phi) is 8.29. The molecule has 1 aromatic carbocycles. The van der Waals surface area contributed by atoms with Crippen molar-refractivity contribution in [3.63, 3.8) is 0 Å². The van der Waals surface area contributed by atoms with Crippen LogP contribution >= 0.6 is 0 Å². The lowest BCUT2D eigenvalue weighted by Crippen LogP contribution is -1.96. The molecule has 0 aromatic heterocycles. The van der Waals surface area contributed by atoms with Gasteiger partial charge in [-0.05, 0) is 24.8 Å². The summed E-state index contributed by atoms with van der Waals surface area (Å²) in [5.41, 5.74) is 1.61. The molecule has 1 aromatic rings. The number of hydrogen-bond donors (Lipinski definition) is 1. The molecular weight excluding hydrogens is 224 g/mol. The maximum Gasteiger partial charge on any atom is 0.330 e. The standard InChI is InChI=1S/C8H14O2.C8H8/c1-6(2)4-5-7(3)8(9)10;1-2-8-6-4-3-5-7-8/h5-6H,4H2,1-3H3,(H,9,10);2-7H,1H2. The number of allylic oxidation sites excluding steroid dienone is 1. The Labute approximate surface area is 110 Å². The summed E-state index contributed by atoms with van der Waals surface area (Å²) in [7, 11) is 0. The van der Waals surface area contributed by atoms with Crippen LogP contribution in [0.25, 0.3) is 6.08 Å². The summed E-state index contributed by atoms with van der Waals surface area (Å²) in [6.07, 6.45) is 4.44. The zero-order valence-corrected chi connectivity index (χ0v) is 11.4. The lowest BCUT2D eigenvalue weighted by atomic mass is 10.1. The molecule has 0 unspecified atom stereocenters. The highest BCUT2D eigenvalue weighted by atomic mass is 16.4. The Hall–Kier alpha value is -1.83. The van der Waals surface area contributed by atoms with Crippen molar-refractivity contribution in [3.05, 3.63) is 54.1 Å². The maximum absolute atomic E-state index is 10.2. The lowest BCUT2D eigenvalue weighted by molar-refractivity contribution is -0.132. The predicted octanol–water partition coefficient (Wildman–Crippen LogP) is 4.39. The van der Waals surface area contributed by atoms with E-state index in [4.69, 9.17) is 5.11 Å². The average Bonchev–Trinajstić information content (AvgIpc) is 2.37. The highest BCUT2D eigenvalue weighted by Crippen LogP contribution is 2.03. The number of carboxylic acid groups (broad SMARTS) is 1. The molecule has 0 bridgehead atoms. The molecule has 0 aliphatic carbocycles. The summed E-state index contributed by atoms with van der Waals surface area (Å²) < 4.78 is 0. The molecule has 2 nitrogen and oxygen atoms in total. The van der Waals surface area contributed by atoms with Crippen molar-refractivity contribution < 1.29 is 9.90 Å². The van der Waals surface area contributed by atoms with Crippen LogP contribution in [-0.4, -0.2) is 11.1 Å². The summed E-state index contributed by atoms with van der Waals surface area (Å²) in [6.45, 7) is 9.37. The lowest BCUT2D eigenvalue weighted by Gasteiger charge is -1.97. The Balaban J connectivity index is 0.000000327. The molecule has 0 atom stereocenters. The minimum atomic E-state index is -0.819. The molecule has 0 spiro atoms. The van der Waals surface area contributed by atoms with Crippen LogP contribution < -0.4 is 0 Å². The SMILES string of the molecule is C=Cc1ccccc1.CC(=CCC(C)C)C(=O)O. The van der Waals surface area contributed by atoms with E-state index in [9.17, 15) is 4.79 Å². The molecule has 98 valence electrons. The zero-order chi connectivity index (χ0) is 14.0. The number of aliphatic carboxylic acids is 1. The van der Waals surface area contributed by atoms with Gasteiger partial charge in [0.05, 0.1) is 0 Å². The third-order valence-electron chi connectivity index (χ3n) is 2.27. The van der Waals surface area contributed by atoms with Gasteiger partial charge in [-0.3, -0.25) is 0 Å². The Morgan fingerprint density at radius 2 is 1.89 bits per heavy atom. The molecule has 0 fully saturated rings. The van der Waals surface area contributed by atoms with Gasteiger partial charge in [-0.1, -0.05) is 62.9 Å². The van der Waals surface area contributed by atoms with Gasteiger partial charge in [-0.2, -0.15) is 0 Å². The van der Waals surface area contributed by atoms with E-state index in [-0.39, 0.29) is 0 Å². The van der Waals surface area contributed by atoms with E-state index in [0.717, 1.165) is 6.42 Å². The van der Waals surface area contributed by atoms with Gasteiger partial charge in [0.15, 0.2) is 0 Å². The second-order valence-corrected chi connectivity index (χ2v) is 4.44. The van der Waals surface area contributed by atoms with Crippen LogP contribution in [0.1, 0.15) is 32.8 Å². The Morgan fingerprint density at radius 3 is 2.22 bits per heavy atom. The van der Waals surface area contributed by atoms with E-state index in [0.29, 0.717) is 11.5 Å². The largest absolute Gasteiger partial charge is 0.478 e. The first-order chi connectivity index (χ1) is 8.47. The molecule has 0 heterocycles. The van der Waals surface area contributed by atoms with Gasteiger partial charge in [0.1, 0.15) is 0 Å². The molecule has 1 N–H and O–H groups in total. The average molecular weight is 246 g/mol. The number of carbonyl (C=O) groups is 1. The van der Waals surface area contributed by atoms with Crippen LogP contribution in [-0.2, 0) is 4.79 Å². The fraction of sp³-hybridized carbons (Fsp3) is 0.312. The highest BCUT2D eigenvalue weighted by Gasteiger charge is 1.98. The first kappa shape index (κ1) is 16.2. The van der Waals surface area contributed by atoms with Gasteiger partial charge in [0.25, 0.3) is 0 Å². The normalized spacial score (nSPS) is 10.6. The van der Waals surface area contributed by atoms with Gasteiger partial charge in [-0.15, -0.1) is 0 Å². The Morgan fingerprint density at radius 1 is 1.33 bits per heavy atom. The van der Waals surface area contributed by atoms with Crippen molar-refractivity contribution in [1.29, 1.82) is 0 Å². The molecule has 0 aliphatic rings. The van der Waals surface area contributed by atoms with Crippen molar-refractivity contribution >= 4 is 12.0 Å². The van der Waals surface area contributed by atoms with Crippen LogP contribution in [0, 0.1) is 5.92 Å². The number of benzene rings is 1. The van der Waals surface area contributed by atoms with E-state index in [2.05, 4.69) is 20.4 Å². The summed E-state index contributed by atoms with van der Waals surface area (Å²) >= 11 is 0. The second-order valence-electron chi connectivity index (χ2n) is 4.44. The van der Waals surface area contributed by atoms with Crippen LogP contribution in [0.3, 0.4) is 0 Å². The van der Waals surface area contributed by atoms with E-state index in [1.807, 2.05) is 36.4 Å². The molecule has 0 amide bonds. The van der Waals surface area contributed by atoms with Crippen molar-refractivity contribution in [2.45, 2.75) is 27.2 Å². The van der Waals surface area contributed by atoms with Crippen molar-refractivity contribution in [2.75, 3.05) is 0 Å². The van der Waals surface area contributed by atoms with Gasteiger partial charge < -0.3 is 5.11 Å². The van der Waals surface area contributed by atoms with Crippen LogP contribution in [0.15, 0.2) is 48.6 Å². The monoisotopic (exact) mass is 246 g/mol. The number of carboxylic acids is 1.